The van der Waals surface area contributed by atoms with Crippen LogP contribution in [0.2, 0.25) is 0 Å². The highest BCUT2D eigenvalue weighted by atomic mass is 32.2. The minimum absolute atomic E-state index is 0.334. The van der Waals surface area contributed by atoms with E-state index in [2.05, 4.69) is 15.0 Å². The van der Waals surface area contributed by atoms with Gasteiger partial charge in [-0.05, 0) is 50.2 Å². The predicted octanol–water partition coefficient (Wildman–Crippen LogP) is 3.57. The Labute approximate surface area is 178 Å². The molecule has 0 radical (unpaired) electrons. The molecule has 3 rings (SSSR count). The van der Waals surface area contributed by atoms with Crippen molar-refractivity contribution in [1.29, 1.82) is 0 Å². The number of nitrogens with one attached hydrogen (secondary N) is 2. The van der Waals surface area contributed by atoms with E-state index in [0.29, 0.717) is 10.8 Å². The van der Waals surface area contributed by atoms with Gasteiger partial charge in [-0.1, -0.05) is 12.1 Å². The quantitative estimate of drug-likeness (QED) is 0.575. The van der Waals surface area contributed by atoms with Crippen LogP contribution in [0.3, 0.4) is 0 Å². The zero-order valence-corrected chi connectivity index (χ0v) is 18.1. The summed E-state index contributed by atoms with van der Waals surface area (Å²) in [5, 5.41) is 2.94. The fraction of sp³-hybridized carbons (Fsp3) is 0.200. The first-order valence-electron chi connectivity index (χ1n) is 8.91. The van der Waals surface area contributed by atoms with E-state index in [1.165, 1.54) is 30.4 Å². The second-order valence-corrected chi connectivity index (χ2v) is 9.30. The minimum atomic E-state index is -4.19. The number of rotatable bonds is 7. The van der Waals surface area contributed by atoms with Crippen molar-refractivity contribution in [3.05, 3.63) is 59.2 Å². The number of hydrogen-bond acceptors (Lipinski definition) is 6. The largest absolute Gasteiger partial charge is 0.497 e. The summed E-state index contributed by atoms with van der Waals surface area (Å²) in [7, 11) is -2.61. The maximum absolute atomic E-state index is 13.8. The standard InChI is InChI=1S/C20H20FN3O4S2/c1-12(24-30(26,27)17-7-5-4-6-16(17)21)19(25)23-20-22-18(13(2)29-20)14-8-10-15(28-3)11-9-14/h4-12,24H,1-3H3,(H,22,23,25). The Hall–Kier alpha value is -2.82. The van der Waals surface area contributed by atoms with Crippen LogP contribution >= 0.6 is 11.3 Å². The smallest absolute Gasteiger partial charge is 0.244 e. The van der Waals surface area contributed by atoms with E-state index in [1.807, 2.05) is 31.2 Å². The van der Waals surface area contributed by atoms with Gasteiger partial charge in [0, 0.05) is 10.4 Å². The summed E-state index contributed by atoms with van der Waals surface area (Å²) in [6.07, 6.45) is 0. The summed E-state index contributed by atoms with van der Waals surface area (Å²) in [6.45, 7) is 3.25. The fourth-order valence-corrected chi connectivity index (χ4v) is 4.81. The van der Waals surface area contributed by atoms with Crippen LogP contribution in [0.25, 0.3) is 11.3 Å². The third-order valence-corrected chi connectivity index (χ3v) is 6.70. The lowest BCUT2D eigenvalue weighted by molar-refractivity contribution is -0.117. The lowest BCUT2D eigenvalue weighted by Gasteiger charge is -2.13. The van der Waals surface area contributed by atoms with Crippen LogP contribution < -0.4 is 14.8 Å². The van der Waals surface area contributed by atoms with Gasteiger partial charge in [-0.15, -0.1) is 11.3 Å². The molecule has 30 heavy (non-hydrogen) atoms. The number of thiazole rings is 1. The van der Waals surface area contributed by atoms with Crippen LogP contribution in [0.5, 0.6) is 5.75 Å². The lowest BCUT2D eigenvalue weighted by atomic mass is 10.1. The molecule has 0 aliphatic heterocycles. The number of aromatic nitrogens is 1. The number of nitrogens with zero attached hydrogens (tertiary/aromatic N) is 1. The highest BCUT2D eigenvalue weighted by Crippen LogP contribution is 2.31. The zero-order valence-electron chi connectivity index (χ0n) is 16.5. The van der Waals surface area contributed by atoms with Gasteiger partial charge < -0.3 is 10.1 Å². The molecule has 2 N–H and O–H groups in total. The van der Waals surface area contributed by atoms with Gasteiger partial charge in [-0.3, -0.25) is 4.79 Å². The van der Waals surface area contributed by atoms with Gasteiger partial charge >= 0.3 is 0 Å². The normalized spacial score (nSPS) is 12.4. The van der Waals surface area contributed by atoms with E-state index in [1.54, 1.807) is 7.11 Å². The summed E-state index contributed by atoms with van der Waals surface area (Å²) in [6, 6.07) is 11.2. The van der Waals surface area contributed by atoms with Crippen LogP contribution in [-0.4, -0.2) is 32.5 Å². The third-order valence-electron chi connectivity index (χ3n) is 4.24. The molecule has 0 aliphatic carbocycles. The van der Waals surface area contributed by atoms with Crippen molar-refractivity contribution >= 4 is 32.4 Å². The second kappa shape index (κ2) is 8.90. The van der Waals surface area contributed by atoms with Crippen molar-refractivity contribution in [1.82, 2.24) is 9.71 Å². The molecule has 1 unspecified atom stereocenters. The first kappa shape index (κ1) is 21.9. The number of ether oxygens (including phenoxy) is 1. The van der Waals surface area contributed by atoms with Crippen LogP contribution in [0.15, 0.2) is 53.4 Å². The Kier molecular flexibility index (Phi) is 6.49. The predicted molar refractivity (Wildman–Crippen MR) is 114 cm³/mol. The summed E-state index contributed by atoms with van der Waals surface area (Å²) in [5.41, 5.74) is 1.57. The molecule has 0 bridgehead atoms. The first-order valence-corrected chi connectivity index (χ1v) is 11.2. The number of aryl methyl sites for hydroxylation is 1. The van der Waals surface area contributed by atoms with Crippen molar-refractivity contribution in [3.8, 4) is 17.0 Å². The van der Waals surface area contributed by atoms with Crippen LogP contribution in [0.1, 0.15) is 11.8 Å². The highest BCUT2D eigenvalue weighted by Gasteiger charge is 2.25. The maximum atomic E-state index is 13.8. The number of benzene rings is 2. The van der Waals surface area contributed by atoms with E-state index < -0.39 is 32.7 Å². The maximum Gasteiger partial charge on any atom is 0.244 e. The van der Waals surface area contributed by atoms with Crippen LogP contribution in [-0.2, 0) is 14.8 Å². The van der Waals surface area contributed by atoms with Gasteiger partial charge in [0.1, 0.15) is 16.5 Å². The van der Waals surface area contributed by atoms with E-state index in [0.717, 1.165) is 28.3 Å². The fourth-order valence-electron chi connectivity index (χ4n) is 2.69. The molecule has 10 heteroatoms. The number of carbonyl (C=O) groups is 1. The van der Waals surface area contributed by atoms with Gasteiger partial charge in [0.2, 0.25) is 15.9 Å². The first-order chi connectivity index (χ1) is 14.2. The highest BCUT2D eigenvalue weighted by molar-refractivity contribution is 7.89. The molecule has 158 valence electrons. The van der Waals surface area contributed by atoms with Gasteiger partial charge in [-0.25, -0.2) is 17.8 Å². The Bertz CT molecular complexity index is 1160. The summed E-state index contributed by atoms with van der Waals surface area (Å²) >= 11 is 1.27. The molecule has 3 aromatic rings. The molecule has 1 amide bonds. The van der Waals surface area contributed by atoms with Gasteiger partial charge in [-0.2, -0.15) is 4.72 Å². The number of sulfonamides is 1. The summed E-state index contributed by atoms with van der Waals surface area (Å²) in [4.78, 5) is 17.3. The molecule has 1 atom stereocenters. The van der Waals surface area contributed by atoms with Crippen LogP contribution in [0, 0.1) is 12.7 Å². The SMILES string of the molecule is COc1ccc(-c2nc(NC(=O)C(C)NS(=O)(=O)c3ccccc3F)sc2C)cc1. The van der Waals surface area contributed by atoms with E-state index >= 15 is 0 Å². The molecule has 2 aromatic carbocycles. The molecule has 7 nitrogen and oxygen atoms in total. The number of hydrogen-bond donors (Lipinski definition) is 2. The van der Waals surface area contributed by atoms with E-state index in [4.69, 9.17) is 4.74 Å². The van der Waals surface area contributed by atoms with Gasteiger partial charge in [0.15, 0.2) is 5.13 Å². The topological polar surface area (TPSA) is 97.4 Å². The zero-order chi connectivity index (χ0) is 21.9. The second-order valence-electron chi connectivity index (χ2n) is 6.41. The molecule has 1 aromatic heterocycles. The number of halogens is 1. The van der Waals surface area contributed by atoms with E-state index in [9.17, 15) is 17.6 Å². The Balaban J connectivity index is 1.72. The molecule has 0 aliphatic rings. The molecule has 0 saturated heterocycles. The Morgan fingerprint density at radius 2 is 1.83 bits per heavy atom. The average Bonchev–Trinajstić information content (AvgIpc) is 3.07. The number of amides is 1. The molecule has 0 spiro atoms. The van der Waals surface area contributed by atoms with Crippen molar-refractivity contribution in [3.63, 3.8) is 0 Å². The van der Waals surface area contributed by atoms with Gasteiger partial charge in [0.25, 0.3) is 0 Å². The van der Waals surface area contributed by atoms with Crippen LogP contribution in [0.4, 0.5) is 9.52 Å². The van der Waals surface area contributed by atoms with Crippen molar-refractivity contribution in [2.45, 2.75) is 24.8 Å². The minimum Gasteiger partial charge on any atom is -0.497 e. The van der Waals surface area contributed by atoms with E-state index in [-0.39, 0.29) is 0 Å². The average molecular weight is 450 g/mol. The Morgan fingerprint density at radius 1 is 1.17 bits per heavy atom. The Morgan fingerprint density at radius 3 is 2.47 bits per heavy atom. The van der Waals surface area contributed by atoms with Gasteiger partial charge in [0.05, 0.1) is 18.8 Å². The number of anilines is 1. The molecule has 1 heterocycles. The molecule has 0 saturated carbocycles. The summed E-state index contributed by atoms with van der Waals surface area (Å²) in [5.74, 6) is -0.779. The van der Waals surface area contributed by atoms with Crippen molar-refractivity contribution in [2.24, 2.45) is 0 Å². The van der Waals surface area contributed by atoms with Crippen molar-refractivity contribution in [2.75, 3.05) is 12.4 Å². The third kappa shape index (κ3) is 4.84. The number of carbonyl (C=O) groups excluding carboxylic acids is 1. The molecule has 0 fully saturated rings. The molecular formula is C20H20FN3O4S2. The lowest BCUT2D eigenvalue weighted by Crippen LogP contribution is -2.41. The van der Waals surface area contributed by atoms with Crippen molar-refractivity contribution < 1.29 is 22.3 Å². The monoisotopic (exact) mass is 449 g/mol. The summed E-state index contributed by atoms with van der Waals surface area (Å²) < 4.78 is 45.9. The molecular weight excluding hydrogens is 429 g/mol. The number of methoxy groups -OCH3 is 1.